The molecule has 0 bridgehead atoms. The second-order valence-electron chi connectivity index (χ2n) is 8.18. The van der Waals surface area contributed by atoms with Crippen molar-refractivity contribution in [2.45, 2.75) is 38.1 Å². The van der Waals surface area contributed by atoms with Gasteiger partial charge in [0.2, 0.25) is 0 Å². The fourth-order valence-electron chi connectivity index (χ4n) is 4.66. The number of nitrogens with zero attached hydrogens (tertiary/aromatic N) is 5. The number of pyridine rings is 1. The number of likely N-dealkylation sites (tertiary alicyclic amines) is 1. The monoisotopic (exact) mass is 477 g/mol. The second-order valence-corrected chi connectivity index (χ2v) is 9.00. The van der Waals surface area contributed by atoms with Gasteiger partial charge in [0.05, 0.1) is 26.8 Å². The molecule has 2 aliphatic rings. The average Bonchev–Trinajstić information content (AvgIpc) is 2.80. The number of halogens is 3. The van der Waals surface area contributed by atoms with E-state index in [1.165, 1.54) is 32.4 Å². The molecule has 2 saturated heterocycles. The lowest BCUT2D eigenvalue weighted by Crippen LogP contribution is -2.47. The first-order chi connectivity index (χ1) is 14.7. The Morgan fingerprint density at radius 1 is 0.839 bits per heavy atom. The first-order valence-electron chi connectivity index (χ1n) is 10.8. The van der Waals surface area contributed by atoms with E-state index in [0.717, 1.165) is 54.2 Å². The lowest BCUT2D eigenvalue weighted by Gasteiger charge is -2.40. The van der Waals surface area contributed by atoms with Crippen LogP contribution in [0.5, 0.6) is 0 Å². The van der Waals surface area contributed by atoms with Gasteiger partial charge in [-0.25, -0.2) is 9.97 Å². The summed E-state index contributed by atoms with van der Waals surface area (Å²) in [5.74, 6) is 0.886. The number of hydrogen-bond acceptors (Lipinski definition) is 5. The van der Waals surface area contributed by atoms with Gasteiger partial charge in [0.25, 0.3) is 0 Å². The van der Waals surface area contributed by atoms with Crippen LogP contribution in [0.4, 0.5) is 5.82 Å². The van der Waals surface area contributed by atoms with E-state index in [1.807, 2.05) is 18.2 Å². The largest absolute Gasteiger partial charge is 0.355 e. The molecular weight excluding hydrogens is 453 g/mol. The number of rotatable bonds is 3. The van der Waals surface area contributed by atoms with E-state index in [4.69, 9.17) is 33.2 Å². The zero-order chi connectivity index (χ0) is 20.5. The number of hydrogen-bond donors (Lipinski definition) is 0. The molecule has 4 heterocycles. The van der Waals surface area contributed by atoms with E-state index in [9.17, 15) is 0 Å². The van der Waals surface area contributed by atoms with Crippen LogP contribution >= 0.6 is 35.6 Å². The SMILES string of the molecule is Cl.Clc1cc2nc(-c3ccccn3)c(N3CCC(N4CCCCC4)CC3)nc2cc1Cl. The van der Waals surface area contributed by atoms with E-state index in [1.54, 1.807) is 18.3 Å². The van der Waals surface area contributed by atoms with Gasteiger partial charge in [0.15, 0.2) is 5.82 Å². The molecule has 0 unspecified atom stereocenters. The molecule has 2 fully saturated rings. The minimum atomic E-state index is 0. The first kappa shape index (κ1) is 22.5. The fraction of sp³-hybridized carbons (Fsp3) is 0.435. The standard InChI is InChI=1S/C23H25Cl2N5.ClH/c24-17-14-20-21(15-18(17)25)28-23(22(27-20)19-6-2-3-9-26-19)30-12-7-16(8-13-30)29-10-4-1-5-11-29;/h2-3,6,9,14-16H,1,4-5,7-8,10-13H2;1H. The summed E-state index contributed by atoms with van der Waals surface area (Å²) in [5.41, 5.74) is 3.12. The summed E-state index contributed by atoms with van der Waals surface area (Å²) >= 11 is 12.5. The van der Waals surface area contributed by atoms with Crippen LogP contribution in [0.3, 0.4) is 0 Å². The van der Waals surface area contributed by atoms with Crippen molar-refractivity contribution < 1.29 is 0 Å². The summed E-state index contributed by atoms with van der Waals surface area (Å²) < 4.78 is 0. The van der Waals surface area contributed by atoms with Gasteiger partial charge in [-0.05, 0) is 63.0 Å². The zero-order valence-electron chi connectivity index (χ0n) is 17.3. The molecule has 2 aliphatic heterocycles. The summed E-state index contributed by atoms with van der Waals surface area (Å²) in [6, 6.07) is 10.1. The highest BCUT2D eigenvalue weighted by Crippen LogP contribution is 2.34. The van der Waals surface area contributed by atoms with E-state index >= 15 is 0 Å². The second kappa shape index (κ2) is 9.86. The highest BCUT2D eigenvalue weighted by atomic mass is 35.5. The van der Waals surface area contributed by atoms with Crippen molar-refractivity contribution in [3.8, 4) is 11.4 Å². The molecule has 0 spiro atoms. The molecular formula is C23H26Cl3N5. The maximum atomic E-state index is 6.26. The van der Waals surface area contributed by atoms with Gasteiger partial charge in [-0.2, -0.15) is 0 Å². The van der Waals surface area contributed by atoms with Crippen LogP contribution in [0, 0.1) is 0 Å². The summed E-state index contributed by atoms with van der Waals surface area (Å²) in [6.45, 7) is 4.45. The molecule has 5 nitrogen and oxygen atoms in total. The van der Waals surface area contributed by atoms with E-state index in [2.05, 4.69) is 14.8 Å². The number of aromatic nitrogens is 3. The third-order valence-corrected chi connectivity index (χ3v) is 6.99. The van der Waals surface area contributed by atoms with Gasteiger partial charge >= 0.3 is 0 Å². The molecule has 2 aromatic heterocycles. The van der Waals surface area contributed by atoms with E-state index in [-0.39, 0.29) is 12.4 Å². The molecule has 1 aromatic carbocycles. The molecule has 0 radical (unpaired) electrons. The summed E-state index contributed by atoms with van der Waals surface area (Å²) in [6.07, 6.45) is 8.16. The molecule has 5 rings (SSSR count). The first-order valence-corrected chi connectivity index (χ1v) is 11.5. The highest BCUT2D eigenvalue weighted by molar-refractivity contribution is 6.42. The molecule has 0 N–H and O–H groups in total. The summed E-state index contributed by atoms with van der Waals surface area (Å²) in [7, 11) is 0. The van der Waals surface area contributed by atoms with Crippen LogP contribution in [-0.2, 0) is 0 Å². The van der Waals surface area contributed by atoms with E-state index < -0.39 is 0 Å². The van der Waals surface area contributed by atoms with Crippen molar-refractivity contribution in [3.63, 3.8) is 0 Å². The maximum Gasteiger partial charge on any atom is 0.157 e. The number of anilines is 1. The van der Waals surface area contributed by atoms with Crippen molar-refractivity contribution in [2.75, 3.05) is 31.1 Å². The minimum Gasteiger partial charge on any atom is -0.355 e. The Labute approximate surface area is 199 Å². The summed E-state index contributed by atoms with van der Waals surface area (Å²) in [4.78, 5) is 19.5. The van der Waals surface area contributed by atoms with Crippen LogP contribution in [0.2, 0.25) is 10.0 Å². The van der Waals surface area contributed by atoms with Crippen molar-refractivity contribution >= 4 is 52.5 Å². The lowest BCUT2D eigenvalue weighted by atomic mass is 9.99. The van der Waals surface area contributed by atoms with Gasteiger partial charge in [-0.3, -0.25) is 4.98 Å². The number of piperidine rings is 2. The predicted octanol–water partition coefficient (Wildman–Crippen LogP) is 5.88. The normalized spacial score (nSPS) is 18.2. The van der Waals surface area contributed by atoms with Gasteiger partial charge in [0, 0.05) is 25.3 Å². The third-order valence-electron chi connectivity index (χ3n) is 6.27. The smallest absolute Gasteiger partial charge is 0.157 e. The third kappa shape index (κ3) is 4.75. The van der Waals surface area contributed by atoms with Crippen LogP contribution in [0.25, 0.3) is 22.4 Å². The highest BCUT2D eigenvalue weighted by Gasteiger charge is 2.28. The Kier molecular flexibility index (Phi) is 7.17. The molecule has 8 heteroatoms. The zero-order valence-corrected chi connectivity index (χ0v) is 19.6. The Balaban J connectivity index is 0.00000231. The Morgan fingerprint density at radius 3 is 2.16 bits per heavy atom. The summed E-state index contributed by atoms with van der Waals surface area (Å²) in [5, 5.41) is 0.986. The fourth-order valence-corrected chi connectivity index (χ4v) is 4.98. The van der Waals surface area contributed by atoms with Crippen LogP contribution in [0.15, 0.2) is 36.5 Å². The molecule has 164 valence electrons. The van der Waals surface area contributed by atoms with E-state index in [0.29, 0.717) is 16.1 Å². The van der Waals surface area contributed by atoms with Gasteiger partial charge < -0.3 is 9.80 Å². The molecule has 0 amide bonds. The lowest BCUT2D eigenvalue weighted by molar-refractivity contribution is 0.141. The van der Waals surface area contributed by atoms with Gasteiger partial charge in [0.1, 0.15) is 5.69 Å². The molecule has 0 saturated carbocycles. The quantitative estimate of drug-likeness (QED) is 0.471. The average molecular weight is 479 g/mol. The molecule has 0 aliphatic carbocycles. The Bertz CT molecular complexity index is 1030. The van der Waals surface area contributed by atoms with Crippen LogP contribution in [0.1, 0.15) is 32.1 Å². The van der Waals surface area contributed by atoms with Crippen LogP contribution in [-0.4, -0.2) is 52.1 Å². The number of fused-ring (bicyclic) bond motifs is 1. The molecule has 3 aromatic rings. The van der Waals surface area contributed by atoms with Crippen molar-refractivity contribution in [1.29, 1.82) is 0 Å². The maximum absolute atomic E-state index is 6.26. The number of benzene rings is 1. The topological polar surface area (TPSA) is 45.2 Å². The Morgan fingerprint density at radius 2 is 1.52 bits per heavy atom. The van der Waals surface area contributed by atoms with Gasteiger partial charge in [-0.1, -0.05) is 35.7 Å². The van der Waals surface area contributed by atoms with Crippen LogP contribution < -0.4 is 4.90 Å². The van der Waals surface area contributed by atoms with Crippen molar-refractivity contribution in [2.24, 2.45) is 0 Å². The van der Waals surface area contributed by atoms with Gasteiger partial charge in [-0.15, -0.1) is 12.4 Å². The Hall–Kier alpha value is -1.66. The van der Waals surface area contributed by atoms with Crippen molar-refractivity contribution in [1.82, 2.24) is 19.9 Å². The predicted molar refractivity (Wildman–Crippen MR) is 131 cm³/mol. The molecule has 31 heavy (non-hydrogen) atoms. The molecule has 0 atom stereocenters. The van der Waals surface area contributed by atoms with Crippen molar-refractivity contribution in [3.05, 3.63) is 46.6 Å². The minimum absolute atomic E-state index is 0.